The summed E-state index contributed by atoms with van der Waals surface area (Å²) in [5, 5.41) is 9.86. The van der Waals surface area contributed by atoms with Gasteiger partial charge in [-0.2, -0.15) is 13.2 Å². The number of nitrogens with one attached hydrogen (secondary N) is 1. The zero-order valence-electron chi connectivity index (χ0n) is 11.5. The molecule has 1 aromatic carbocycles. The molecule has 2 rings (SSSR count). The number of carbonyl (C=O) groups is 1. The van der Waals surface area contributed by atoms with E-state index in [9.17, 15) is 23.1 Å². The van der Waals surface area contributed by atoms with Gasteiger partial charge < -0.3 is 10.1 Å². The Labute approximate surface area is 119 Å². The van der Waals surface area contributed by atoms with Crippen LogP contribution in [-0.2, 0) is 0 Å². The van der Waals surface area contributed by atoms with Crippen LogP contribution in [0.1, 0.15) is 29.8 Å². The Bertz CT molecular complexity index is 706. The average molecular weight is 297 g/mol. The third kappa shape index (κ3) is 3.33. The minimum Gasteiger partial charge on any atom is -0.386 e. The Morgan fingerprint density at radius 3 is 2.52 bits per heavy atom. The number of fused-ring (bicyclic) bond motifs is 1. The van der Waals surface area contributed by atoms with Crippen LogP contribution >= 0.6 is 0 Å². The molecule has 112 valence electrons. The molecular weight excluding hydrogens is 283 g/mol. The van der Waals surface area contributed by atoms with E-state index in [1.807, 2.05) is 0 Å². The molecule has 0 aliphatic heterocycles. The molecular formula is C15H14F3NO2. The summed E-state index contributed by atoms with van der Waals surface area (Å²) in [4.78, 5) is 14.1. The van der Waals surface area contributed by atoms with Crippen molar-refractivity contribution in [3.8, 4) is 0 Å². The molecule has 0 aliphatic carbocycles. The van der Waals surface area contributed by atoms with Crippen molar-refractivity contribution in [1.29, 1.82) is 0 Å². The van der Waals surface area contributed by atoms with Gasteiger partial charge >= 0.3 is 6.18 Å². The predicted molar refractivity (Wildman–Crippen MR) is 74.0 cm³/mol. The van der Waals surface area contributed by atoms with Crippen LogP contribution in [0.4, 0.5) is 13.2 Å². The second-order valence-electron chi connectivity index (χ2n) is 5.29. The number of Topliss-reactive ketones (excluding diaryl/α,β-unsaturated/α-hetero) is 1. The Kier molecular flexibility index (Phi) is 3.67. The van der Waals surface area contributed by atoms with Gasteiger partial charge in [-0.3, -0.25) is 4.79 Å². The summed E-state index contributed by atoms with van der Waals surface area (Å²) >= 11 is 0. The van der Waals surface area contributed by atoms with E-state index in [2.05, 4.69) is 4.98 Å². The first-order valence-electron chi connectivity index (χ1n) is 6.23. The maximum absolute atomic E-state index is 12.6. The number of H-pyrrole nitrogens is 1. The van der Waals surface area contributed by atoms with Gasteiger partial charge in [0, 0.05) is 17.1 Å². The lowest BCUT2D eigenvalue weighted by Crippen LogP contribution is -2.22. The third-order valence-electron chi connectivity index (χ3n) is 2.91. The molecule has 0 atom stereocenters. The number of rotatable bonds is 3. The summed E-state index contributed by atoms with van der Waals surface area (Å²) in [6.07, 6.45) is -0.913. The number of alkyl halides is 3. The van der Waals surface area contributed by atoms with E-state index in [4.69, 9.17) is 0 Å². The van der Waals surface area contributed by atoms with Gasteiger partial charge in [0.2, 0.25) is 0 Å². The van der Waals surface area contributed by atoms with Crippen molar-refractivity contribution in [3.63, 3.8) is 0 Å². The second-order valence-corrected chi connectivity index (χ2v) is 5.29. The van der Waals surface area contributed by atoms with Crippen LogP contribution in [0.25, 0.3) is 17.0 Å². The number of aromatic amines is 1. The number of hydrogen-bond acceptors (Lipinski definition) is 2. The van der Waals surface area contributed by atoms with Crippen molar-refractivity contribution >= 4 is 22.8 Å². The monoisotopic (exact) mass is 297 g/mol. The molecule has 21 heavy (non-hydrogen) atoms. The molecule has 1 heterocycles. The SMILES string of the molecule is CC(C)(O)/C=C/c1cccc2[nH]cc(C(=O)C(F)(F)F)c12. The van der Waals surface area contributed by atoms with E-state index in [1.165, 1.54) is 12.2 Å². The van der Waals surface area contributed by atoms with Crippen molar-refractivity contribution < 1.29 is 23.1 Å². The van der Waals surface area contributed by atoms with Crippen LogP contribution in [0.3, 0.4) is 0 Å². The summed E-state index contributed by atoms with van der Waals surface area (Å²) in [6.45, 7) is 3.09. The van der Waals surface area contributed by atoms with Crippen molar-refractivity contribution in [3.05, 3.63) is 41.6 Å². The number of halogens is 3. The summed E-state index contributed by atoms with van der Waals surface area (Å²) in [5.41, 5.74) is -0.662. The Balaban J connectivity index is 2.61. The lowest BCUT2D eigenvalue weighted by atomic mass is 10.0. The van der Waals surface area contributed by atoms with Crippen LogP contribution < -0.4 is 0 Å². The number of carbonyl (C=O) groups excluding carboxylic acids is 1. The van der Waals surface area contributed by atoms with Gasteiger partial charge in [-0.15, -0.1) is 0 Å². The normalized spacial score (nSPS) is 13.2. The Morgan fingerprint density at radius 2 is 1.95 bits per heavy atom. The highest BCUT2D eigenvalue weighted by Crippen LogP contribution is 2.30. The Morgan fingerprint density at radius 1 is 1.29 bits per heavy atom. The predicted octanol–water partition coefficient (Wildman–Crippen LogP) is 3.70. The van der Waals surface area contributed by atoms with Crippen LogP contribution in [0.15, 0.2) is 30.5 Å². The molecule has 6 heteroatoms. The van der Waals surface area contributed by atoms with E-state index in [1.54, 1.807) is 32.0 Å². The van der Waals surface area contributed by atoms with Crippen molar-refractivity contribution in [1.82, 2.24) is 4.98 Å². The lowest BCUT2D eigenvalue weighted by Gasteiger charge is -2.11. The van der Waals surface area contributed by atoms with E-state index >= 15 is 0 Å². The molecule has 0 radical (unpaired) electrons. The first kappa shape index (κ1) is 15.3. The Hall–Kier alpha value is -2.08. The number of aliphatic hydroxyl groups is 1. The topological polar surface area (TPSA) is 53.1 Å². The lowest BCUT2D eigenvalue weighted by molar-refractivity contribution is -0.0884. The maximum atomic E-state index is 12.6. The van der Waals surface area contributed by atoms with Crippen LogP contribution in [0.5, 0.6) is 0 Å². The first-order valence-corrected chi connectivity index (χ1v) is 6.23. The van der Waals surface area contributed by atoms with Crippen LogP contribution in [0, 0.1) is 0 Å². The molecule has 0 fully saturated rings. The number of ketones is 1. The van der Waals surface area contributed by atoms with Gasteiger partial charge in [0.25, 0.3) is 5.78 Å². The zero-order chi connectivity index (χ0) is 15.8. The molecule has 3 nitrogen and oxygen atoms in total. The zero-order valence-corrected chi connectivity index (χ0v) is 11.5. The molecule has 0 spiro atoms. The van der Waals surface area contributed by atoms with E-state index in [-0.39, 0.29) is 5.39 Å². The standard InChI is InChI=1S/C15H14F3NO2/c1-14(2,21)7-6-9-4-3-5-11-12(9)10(8-19-11)13(20)15(16,17)18/h3-8,19,21H,1-2H3/b7-6+. The molecule has 0 amide bonds. The minimum absolute atomic E-state index is 0.195. The smallest absolute Gasteiger partial charge is 0.386 e. The van der Waals surface area contributed by atoms with E-state index in [0.29, 0.717) is 11.1 Å². The van der Waals surface area contributed by atoms with Crippen molar-refractivity contribution in [2.24, 2.45) is 0 Å². The highest BCUT2D eigenvalue weighted by atomic mass is 19.4. The van der Waals surface area contributed by atoms with Gasteiger partial charge in [0.05, 0.1) is 11.2 Å². The third-order valence-corrected chi connectivity index (χ3v) is 2.91. The van der Waals surface area contributed by atoms with Crippen LogP contribution in [-0.4, -0.2) is 27.7 Å². The van der Waals surface area contributed by atoms with Gasteiger partial charge in [0.1, 0.15) is 0 Å². The summed E-state index contributed by atoms with van der Waals surface area (Å²) in [5.74, 6) is -1.89. The molecule has 0 saturated carbocycles. The highest BCUT2D eigenvalue weighted by Gasteiger charge is 2.40. The largest absolute Gasteiger partial charge is 0.454 e. The number of aromatic nitrogens is 1. The minimum atomic E-state index is -4.93. The number of benzene rings is 1. The molecule has 2 N–H and O–H groups in total. The molecule has 0 saturated heterocycles. The number of hydrogen-bond donors (Lipinski definition) is 2. The molecule has 0 aliphatic rings. The highest BCUT2D eigenvalue weighted by molar-refractivity contribution is 6.12. The van der Waals surface area contributed by atoms with Gasteiger partial charge in [-0.1, -0.05) is 24.3 Å². The first-order chi connectivity index (χ1) is 9.59. The van der Waals surface area contributed by atoms with Crippen molar-refractivity contribution in [2.45, 2.75) is 25.6 Å². The quantitative estimate of drug-likeness (QED) is 0.849. The van der Waals surface area contributed by atoms with E-state index < -0.39 is 23.1 Å². The van der Waals surface area contributed by atoms with Crippen molar-refractivity contribution in [2.75, 3.05) is 0 Å². The fraction of sp³-hybridized carbons (Fsp3) is 0.267. The average Bonchev–Trinajstić information content (AvgIpc) is 2.77. The molecule has 0 unspecified atom stereocenters. The second kappa shape index (κ2) is 5.04. The van der Waals surface area contributed by atoms with E-state index in [0.717, 1.165) is 6.20 Å². The summed E-state index contributed by atoms with van der Waals surface area (Å²) in [7, 11) is 0. The fourth-order valence-corrected chi connectivity index (χ4v) is 1.98. The van der Waals surface area contributed by atoms with Gasteiger partial charge in [0.15, 0.2) is 0 Å². The fourth-order valence-electron chi connectivity index (χ4n) is 1.98. The van der Waals surface area contributed by atoms with Gasteiger partial charge in [-0.05, 0) is 25.5 Å². The molecule has 0 bridgehead atoms. The van der Waals surface area contributed by atoms with Gasteiger partial charge in [-0.25, -0.2) is 0 Å². The molecule has 1 aromatic heterocycles. The maximum Gasteiger partial charge on any atom is 0.454 e. The molecule has 2 aromatic rings. The summed E-state index contributed by atoms with van der Waals surface area (Å²) in [6, 6.07) is 4.83. The summed E-state index contributed by atoms with van der Waals surface area (Å²) < 4.78 is 37.9. The van der Waals surface area contributed by atoms with Crippen LogP contribution in [0.2, 0.25) is 0 Å².